The number of hydrogen-bond donors (Lipinski definition) is 0. The Bertz CT molecular complexity index is 483. The second-order valence-electron chi connectivity index (χ2n) is 3.56. The lowest BCUT2D eigenvalue weighted by Crippen LogP contribution is -2.25. The minimum atomic E-state index is 0.955. The van der Waals surface area contributed by atoms with Crippen LogP contribution in [-0.2, 0) is 0 Å². The third-order valence-corrected chi connectivity index (χ3v) is 3.99. The van der Waals surface area contributed by atoms with E-state index < -0.39 is 0 Å². The maximum absolute atomic E-state index is 4.41. The minimum Gasteiger partial charge on any atom is -0.355 e. The van der Waals surface area contributed by atoms with Gasteiger partial charge < -0.3 is 4.90 Å². The van der Waals surface area contributed by atoms with E-state index in [0.717, 1.165) is 29.8 Å². The van der Waals surface area contributed by atoms with Crippen molar-refractivity contribution < 1.29 is 0 Å². The van der Waals surface area contributed by atoms with Crippen LogP contribution >= 0.6 is 27.3 Å². The molecule has 0 aliphatic heterocycles. The molecule has 2 rings (SSSR count). The molecule has 0 saturated carbocycles. The fourth-order valence-corrected chi connectivity index (χ4v) is 3.14. The maximum Gasteiger partial charge on any atom is 0.150 e. The second-order valence-corrected chi connectivity index (χ2v) is 5.24. The summed E-state index contributed by atoms with van der Waals surface area (Å²) in [5.74, 6) is 1.06. The predicted octanol–water partition coefficient (Wildman–Crippen LogP) is 3.22. The summed E-state index contributed by atoms with van der Waals surface area (Å²) in [4.78, 5) is 11.0. The molecule has 0 fully saturated rings. The number of hydrogen-bond acceptors (Lipinski definition) is 4. The number of fused-ring (bicyclic) bond motifs is 1. The van der Waals surface area contributed by atoms with Crippen LogP contribution in [0.15, 0.2) is 11.7 Å². The van der Waals surface area contributed by atoms with Crippen LogP contribution in [0.2, 0.25) is 0 Å². The zero-order valence-corrected chi connectivity index (χ0v) is 11.8. The monoisotopic (exact) mass is 299 g/mol. The second kappa shape index (κ2) is 5.10. The Morgan fingerprint density at radius 1 is 1.44 bits per heavy atom. The molecule has 0 saturated heterocycles. The van der Waals surface area contributed by atoms with Crippen molar-refractivity contribution in [3.63, 3.8) is 0 Å². The SMILES string of the molecule is CCN(CCBr)c1ncnc2c(C)csc12. The number of nitrogens with zero attached hydrogens (tertiary/aromatic N) is 3. The van der Waals surface area contributed by atoms with Gasteiger partial charge in [0.05, 0.1) is 10.2 Å². The minimum absolute atomic E-state index is 0.955. The van der Waals surface area contributed by atoms with Crippen LogP contribution in [0.25, 0.3) is 10.2 Å². The highest BCUT2D eigenvalue weighted by atomic mass is 79.9. The molecule has 0 unspecified atom stereocenters. The molecule has 0 spiro atoms. The summed E-state index contributed by atoms with van der Waals surface area (Å²) in [5, 5.41) is 3.10. The highest BCUT2D eigenvalue weighted by molar-refractivity contribution is 9.09. The van der Waals surface area contributed by atoms with Gasteiger partial charge in [-0.25, -0.2) is 9.97 Å². The molecule has 0 atom stereocenters. The normalized spacial score (nSPS) is 10.9. The number of aromatic nitrogens is 2. The lowest BCUT2D eigenvalue weighted by atomic mass is 10.3. The van der Waals surface area contributed by atoms with Gasteiger partial charge in [0.2, 0.25) is 0 Å². The highest BCUT2D eigenvalue weighted by Gasteiger charge is 2.12. The van der Waals surface area contributed by atoms with E-state index >= 15 is 0 Å². The molecule has 0 radical (unpaired) electrons. The van der Waals surface area contributed by atoms with Gasteiger partial charge >= 0.3 is 0 Å². The Labute approximate surface area is 108 Å². The van der Waals surface area contributed by atoms with Gasteiger partial charge in [0, 0.05) is 18.4 Å². The van der Waals surface area contributed by atoms with Crippen LogP contribution in [0.5, 0.6) is 0 Å². The third kappa shape index (κ3) is 2.06. The van der Waals surface area contributed by atoms with Gasteiger partial charge in [-0.3, -0.25) is 0 Å². The van der Waals surface area contributed by atoms with Crippen LogP contribution in [-0.4, -0.2) is 28.4 Å². The molecule has 0 aliphatic rings. The molecule has 16 heavy (non-hydrogen) atoms. The first-order chi connectivity index (χ1) is 7.77. The van der Waals surface area contributed by atoms with E-state index in [1.54, 1.807) is 17.7 Å². The molecule has 0 N–H and O–H groups in total. The zero-order chi connectivity index (χ0) is 11.5. The quantitative estimate of drug-likeness (QED) is 0.812. The van der Waals surface area contributed by atoms with Gasteiger partial charge in [0.1, 0.15) is 12.1 Å². The van der Waals surface area contributed by atoms with E-state index in [1.807, 2.05) is 0 Å². The first-order valence-electron chi connectivity index (χ1n) is 5.27. The molecule has 0 bridgehead atoms. The molecule has 2 aromatic heterocycles. The molecule has 3 nitrogen and oxygen atoms in total. The van der Waals surface area contributed by atoms with Crippen molar-refractivity contribution in [3.8, 4) is 0 Å². The molecule has 2 heterocycles. The lowest BCUT2D eigenvalue weighted by Gasteiger charge is -2.20. The van der Waals surface area contributed by atoms with E-state index in [0.29, 0.717) is 0 Å². The average Bonchev–Trinajstić information content (AvgIpc) is 2.68. The van der Waals surface area contributed by atoms with Crippen molar-refractivity contribution in [1.82, 2.24) is 9.97 Å². The molecule has 86 valence electrons. The highest BCUT2D eigenvalue weighted by Crippen LogP contribution is 2.30. The summed E-state index contributed by atoms with van der Waals surface area (Å²) in [7, 11) is 0. The average molecular weight is 300 g/mol. The topological polar surface area (TPSA) is 29.0 Å². The van der Waals surface area contributed by atoms with Crippen molar-refractivity contribution in [2.24, 2.45) is 0 Å². The number of rotatable bonds is 4. The number of halogens is 1. The summed E-state index contributed by atoms with van der Waals surface area (Å²) in [6, 6.07) is 0. The molecular formula is C11H14BrN3S. The Balaban J connectivity index is 2.50. The van der Waals surface area contributed by atoms with Crippen molar-refractivity contribution in [1.29, 1.82) is 0 Å². The van der Waals surface area contributed by atoms with Crippen LogP contribution < -0.4 is 4.90 Å². The summed E-state index contributed by atoms with van der Waals surface area (Å²) in [5.41, 5.74) is 2.32. The Morgan fingerprint density at radius 2 is 2.25 bits per heavy atom. The summed E-state index contributed by atoms with van der Waals surface area (Å²) in [6.07, 6.45) is 1.66. The first-order valence-corrected chi connectivity index (χ1v) is 7.27. The molecular weight excluding hydrogens is 286 g/mol. The van der Waals surface area contributed by atoms with Crippen molar-refractivity contribution in [3.05, 3.63) is 17.3 Å². The fourth-order valence-electron chi connectivity index (χ4n) is 1.70. The van der Waals surface area contributed by atoms with Crippen molar-refractivity contribution >= 4 is 43.3 Å². The van der Waals surface area contributed by atoms with Gasteiger partial charge in [-0.1, -0.05) is 15.9 Å². The van der Waals surface area contributed by atoms with Crippen LogP contribution in [0.1, 0.15) is 12.5 Å². The summed E-state index contributed by atoms with van der Waals surface area (Å²) in [6.45, 7) is 6.18. The smallest absolute Gasteiger partial charge is 0.150 e. The van der Waals surface area contributed by atoms with Gasteiger partial charge in [-0.15, -0.1) is 11.3 Å². The van der Waals surface area contributed by atoms with E-state index in [2.05, 4.69) is 50.0 Å². The number of anilines is 1. The van der Waals surface area contributed by atoms with Crippen LogP contribution in [0.3, 0.4) is 0 Å². The van der Waals surface area contributed by atoms with E-state index in [-0.39, 0.29) is 0 Å². The standard InChI is InChI=1S/C11H14BrN3S/c1-3-15(5-4-12)11-10-9(13-7-14-11)8(2)6-16-10/h6-7H,3-5H2,1-2H3. The Morgan fingerprint density at radius 3 is 2.94 bits per heavy atom. The van der Waals surface area contributed by atoms with Crippen molar-refractivity contribution in [2.45, 2.75) is 13.8 Å². The van der Waals surface area contributed by atoms with E-state index in [1.165, 1.54) is 10.3 Å². The maximum atomic E-state index is 4.41. The van der Waals surface area contributed by atoms with Crippen molar-refractivity contribution in [2.75, 3.05) is 23.3 Å². The number of aryl methyl sites for hydroxylation is 1. The fraction of sp³-hybridized carbons (Fsp3) is 0.455. The van der Waals surface area contributed by atoms with Gasteiger partial charge in [0.25, 0.3) is 0 Å². The van der Waals surface area contributed by atoms with Crippen LogP contribution in [0.4, 0.5) is 5.82 Å². The lowest BCUT2D eigenvalue weighted by molar-refractivity contribution is 0.858. The Hall–Kier alpha value is -0.680. The largest absolute Gasteiger partial charge is 0.355 e. The zero-order valence-electron chi connectivity index (χ0n) is 9.40. The van der Waals surface area contributed by atoms with E-state index in [9.17, 15) is 0 Å². The molecule has 2 aromatic rings. The molecule has 0 amide bonds. The third-order valence-electron chi connectivity index (χ3n) is 2.55. The molecule has 5 heteroatoms. The number of thiophene rings is 1. The molecule has 0 aromatic carbocycles. The number of alkyl halides is 1. The molecule has 0 aliphatic carbocycles. The predicted molar refractivity (Wildman–Crippen MR) is 73.8 cm³/mol. The summed E-state index contributed by atoms with van der Waals surface area (Å²) >= 11 is 5.20. The van der Waals surface area contributed by atoms with Gasteiger partial charge in [0.15, 0.2) is 0 Å². The van der Waals surface area contributed by atoms with E-state index in [4.69, 9.17) is 0 Å². The van der Waals surface area contributed by atoms with Gasteiger partial charge in [-0.2, -0.15) is 0 Å². The first kappa shape index (κ1) is 11.8. The summed E-state index contributed by atoms with van der Waals surface area (Å²) < 4.78 is 1.20. The Kier molecular flexibility index (Phi) is 3.76. The van der Waals surface area contributed by atoms with Crippen LogP contribution in [0, 0.1) is 6.92 Å². The van der Waals surface area contributed by atoms with Gasteiger partial charge in [-0.05, 0) is 24.8 Å².